The molecule has 1 atom stereocenters. The van der Waals surface area contributed by atoms with Crippen LogP contribution in [-0.2, 0) is 17.5 Å². The zero-order chi connectivity index (χ0) is 23.1. The van der Waals surface area contributed by atoms with Crippen LogP contribution in [0.2, 0.25) is 0 Å². The van der Waals surface area contributed by atoms with Gasteiger partial charge in [0.1, 0.15) is 0 Å². The van der Waals surface area contributed by atoms with E-state index in [1.165, 1.54) is 5.69 Å². The van der Waals surface area contributed by atoms with Crippen molar-refractivity contribution in [3.05, 3.63) is 65.7 Å². The molecular weight excluding hydrogens is 427 g/mol. The molecule has 0 unspecified atom stereocenters. The molecule has 0 bridgehead atoms. The van der Waals surface area contributed by atoms with Gasteiger partial charge >= 0.3 is 6.18 Å². The number of nitrogens with zero attached hydrogens (tertiary/aromatic N) is 3. The predicted molar refractivity (Wildman–Crippen MR) is 122 cm³/mol. The Balaban J connectivity index is 1.09. The summed E-state index contributed by atoms with van der Waals surface area (Å²) in [6, 6.07) is 15.8. The molecule has 7 heteroatoms. The first-order valence-electron chi connectivity index (χ1n) is 11.8. The molecule has 1 saturated carbocycles. The molecule has 4 nitrogen and oxygen atoms in total. The third kappa shape index (κ3) is 4.74. The summed E-state index contributed by atoms with van der Waals surface area (Å²) in [4.78, 5) is 19.9. The van der Waals surface area contributed by atoms with Crippen LogP contribution in [0.3, 0.4) is 0 Å². The van der Waals surface area contributed by atoms with Crippen molar-refractivity contribution in [2.45, 2.75) is 32.0 Å². The Bertz CT molecular complexity index is 961. The molecular formula is C26H30F3N3O. The van der Waals surface area contributed by atoms with Crippen LogP contribution in [0.4, 0.5) is 18.9 Å². The van der Waals surface area contributed by atoms with Crippen molar-refractivity contribution >= 4 is 11.6 Å². The van der Waals surface area contributed by atoms with Crippen LogP contribution in [0.15, 0.2) is 54.6 Å². The lowest BCUT2D eigenvalue weighted by Gasteiger charge is -2.37. The predicted octanol–water partition coefficient (Wildman–Crippen LogP) is 4.66. The van der Waals surface area contributed by atoms with E-state index in [1.807, 2.05) is 23.1 Å². The Morgan fingerprint density at radius 1 is 0.879 bits per heavy atom. The monoisotopic (exact) mass is 457 g/mol. The molecule has 3 fully saturated rings. The minimum Gasteiger partial charge on any atom is -0.368 e. The molecule has 1 aliphatic carbocycles. The molecule has 2 aromatic rings. The molecule has 5 rings (SSSR count). The van der Waals surface area contributed by atoms with Crippen molar-refractivity contribution in [1.82, 2.24) is 9.80 Å². The number of para-hydroxylation sites is 1. The number of likely N-dealkylation sites (tertiary alicyclic amines) is 1. The van der Waals surface area contributed by atoms with E-state index in [2.05, 4.69) is 21.9 Å². The molecule has 0 N–H and O–H groups in total. The van der Waals surface area contributed by atoms with Gasteiger partial charge in [0, 0.05) is 44.3 Å². The van der Waals surface area contributed by atoms with Crippen LogP contribution >= 0.6 is 0 Å². The number of piperazine rings is 1. The first kappa shape index (κ1) is 22.3. The lowest BCUT2D eigenvalue weighted by atomic mass is 9.90. The van der Waals surface area contributed by atoms with Gasteiger partial charge in [-0.2, -0.15) is 13.2 Å². The van der Waals surface area contributed by atoms with Crippen LogP contribution in [0.25, 0.3) is 0 Å². The van der Waals surface area contributed by atoms with E-state index < -0.39 is 11.7 Å². The number of anilines is 1. The number of carbonyl (C=O) groups is 1. The second-order valence-electron chi connectivity index (χ2n) is 9.74. The highest BCUT2D eigenvalue weighted by molar-refractivity contribution is 5.83. The summed E-state index contributed by atoms with van der Waals surface area (Å²) in [5.74, 6) is 0.466. The van der Waals surface area contributed by atoms with Crippen molar-refractivity contribution in [2.75, 3.05) is 44.2 Å². The minimum absolute atomic E-state index is 0.143. The van der Waals surface area contributed by atoms with Crippen LogP contribution in [0.1, 0.15) is 30.4 Å². The smallest absolute Gasteiger partial charge is 0.368 e. The molecule has 2 saturated heterocycles. The minimum atomic E-state index is -4.29. The highest BCUT2D eigenvalue weighted by Gasteiger charge is 2.59. The Labute approximate surface area is 193 Å². The summed E-state index contributed by atoms with van der Waals surface area (Å²) >= 11 is 0. The van der Waals surface area contributed by atoms with Gasteiger partial charge in [-0.3, -0.25) is 9.69 Å². The summed E-state index contributed by atoms with van der Waals surface area (Å²) in [5, 5.41) is 0. The van der Waals surface area contributed by atoms with Gasteiger partial charge in [-0.25, -0.2) is 0 Å². The molecule has 0 aromatic heterocycles. The fourth-order valence-corrected chi connectivity index (χ4v) is 5.51. The zero-order valence-corrected chi connectivity index (χ0v) is 18.7. The van der Waals surface area contributed by atoms with Crippen molar-refractivity contribution < 1.29 is 18.0 Å². The fourth-order valence-electron chi connectivity index (χ4n) is 5.51. The number of hydrogen-bond donors (Lipinski definition) is 0. The maximum atomic E-state index is 13.2. The summed E-state index contributed by atoms with van der Waals surface area (Å²) < 4.78 is 38.3. The average Bonchev–Trinajstić information content (AvgIpc) is 3.54. The maximum absolute atomic E-state index is 13.2. The maximum Gasteiger partial charge on any atom is 0.416 e. The third-order valence-corrected chi connectivity index (χ3v) is 7.74. The first-order valence-corrected chi connectivity index (χ1v) is 11.8. The van der Waals surface area contributed by atoms with E-state index in [1.54, 1.807) is 12.1 Å². The average molecular weight is 458 g/mol. The summed E-state index contributed by atoms with van der Waals surface area (Å²) in [7, 11) is 0. The van der Waals surface area contributed by atoms with E-state index in [9.17, 15) is 18.0 Å². The fraction of sp³-hybridized carbons (Fsp3) is 0.500. The lowest BCUT2D eigenvalue weighted by molar-refractivity contribution is -0.137. The molecule has 176 valence electrons. The number of benzene rings is 2. The van der Waals surface area contributed by atoms with E-state index in [0.29, 0.717) is 12.5 Å². The molecule has 1 amide bonds. The van der Waals surface area contributed by atoms with Crippen LogP contribution in [0.5, 0.6) is 0 Å². The summed E-state index contributed by atoms with van der Waals surface area (Å²) in [5.41, 5.74) is 1.66. The second kappa shape index (κ2) is 8.67. The van der Waals surface area contributed by atoms with Gasteiger partial charge < -0.3 is 9.80 Å². The number of hydrogen-bond acceptors (Lipinski definition) is 3. The van der Waals surface area contributed by atoms with Gasteiger partial charge in [0.25, 0.3) is 0 Å². The number of piperidine rings is 1. The van der Waals surface area contributed by atoms with Gasteiger partial charge in [-0.1, -0.05) is 30.3 Å². The van der Waals surface area contributed by atoms with Gasteiger partial charge in [-0.05, 0) is 67.6 Å². The van der Waals surface area contributed by atoms with Gasteiger partial charge in [0.05, 0.1) is 5.56 Å². The molecule has 0 radical (unpaired) electrons. The molecule has 33 heavy (non-hydrogen) atoms. The van der Waals surface area contributed by atoms with Gasteiger partial charge in [0.15, 0.2) is 0 Å². The highest BCUT2D eigenvalue weighted by atomic mass is 19.4. The van der Waals surface area contributed by atoms with Crippen LogP contribution in [-0.4, -0.2) is 55.0 Å². The number of alkyl halides is 3. The molecule has 2 aromatic carbocycles. The molecule has 1 spiro atoms. The highest BCUT2D eigenvalue weighted by Crippen LogP contribution is 2.60. The number of amides is 1. The molecule has 3 aliphatic rings. The van der Waals surface area contributed by atoms with Crippen LogP contribution < -0.4 is 4.90 Å². The quantitative estimate of drug-likeness (QED) is 0.669. The van der Waals surface area contributed by atoms with Crippen molar-refractivity contribution in [3.63, 3.8) is 0 Å². The lowest BCUT2D eigenvalue weighted by Crippen LogP contribution is -2.50. The second-order valence-corrected chi connectivity index (χ2v) is 9.74. The molecule has 2 heterocycles. The van der Waals surface area contributed by atoms with Crippen molar-refractivity contribution in [1.29, 1.82) is 0 Å². The Kier molecular flexibility index (Phi) is 5.85. The SMILES string of the molecule is O=C([C@H]1CC12CCN(Cc1ccc(C(F)(F)F)cc1)CC2)N1CCN(c2ccccc2)CC1. The van der Waals surface area contributed by atoms with E-state index in [-0.39, 0.29) is 11.3 Å². The van der Waals surface area contributed by atoms with E-state index in [0.717, 1.165) is 76.2 Å². The van der Waals surface area contributed by atoms with Crippen molar-refractivity contribution in [2.24, 2.45) is 11.3 Å². The summed E-state index contributed by atoms with van der Waals surface area (Å²) in [6.45, 7) is 5.75. The Hall–Kier alpha value is -2.54. The zero-order valence-electron chi connectivity index (χ0n) is 18.7. The van der Waals surface area contributed by atoms with E-state index >= 15 is 0 Å². The van der Waals surface area contributed by atoms with Gasteiger partial charge in [-0.15, -0.1) is 0 Å². The van der Waals surface area contributed by atoms with E-state index in [4.69, 9.17) is 0 Å². The molecule has 2 aliphatic heterocycles. The van der Waals surface area contributed by atoms with Gasteiger partial charge in [0.2, 0.25) is 5.91 Å². The topological polar surface area (TPSA) is 26.8 Å². The Morgan fingerprint density at radius 2 is 1.52 bits per heavy atom. The number of halogens is 3. The summed E-state index contributed by atoms with van der Waals surface area (Å²) in [6.07, 6.45) is -1.32. The normalized spacial score (nSPS) is 23.1. The first-order chi connectivity index (χ1) is 15.8. The van der Waals surface area contributed by atoms with Crippen LogP contribution in [0, 0.1) is 11.3 Å². The standard InChI is InChI=1S/C26H30F3N3O/c27-26(28,29)21-8-6-20(7-9-21)19-30-12-10-25(11-13-30)18-23(25)24(33)32-16-14-31(15-17-32)22-4-2-1-3-5-22/h1-9,23H,10-19H2/t23-/m1/s1. The number of rotatable bonds is 4. The number of carbonyl (C=O) groups excluding carboxylic acids is 1. The Morgan fingerprint density at radius 3 is 2.12 bits per heavy atom. The third-order valence-electron chi connectivity index (χ3n) is 7.74. The van der Waals surface area contributed by atoms with Crippen molar-refractivity contribution in [3.8, 4) is 0 Å². The largest absolute Gasteiger partial charge is 0.416 e.